The zero-order valence-corrected chi connectivity index (χ0v) is 15.4. The van der Waals surface area contributed by atoms with Crippen LogP contribution in [0.3, 0.4) is 0 Å². The largest absolute Gasteiger partial charge is 0.329 e. The van der Waals surface area contributed by atoms with E-state index in [9.17, 15) is 14.4 Å². The van der Waals surface area contributed by atoms with Gasteiger partial charge < -0.3 is 10.6 Å². The van der Waals surface area contributed by atoms with Gasteiger partial charge in [0.05, 0.1) is 30.7 Å². The Morgan fingerprint density at radius 2 is 2.07 bits per heavy atom. The van der Waals surface area contributed by atoms with Crippen LogP contribution < -0.4 is 10.6 Å². The van der Waals surface area contributed by atoms with Crippen molar-refractivity contribution in [3.05, 3.63) is 53.3 Å². The second kappa shape index (κ2) is 6.76. The molecule has 1 fully saturated rings. The summed E-state index contributed by atoms with van der Waals surface area (Å²) in [5.41, 5.74) is 3.06. The first kappa shape index (κ1) is 17.7. The van der Waals surface area contributed by atoms with Gasteiger partial charge in [-0.1, -0.05) is 18.2 Å². The van der Waals surface area contributed by atoms with Crippen LogP contribution in [-0.2, 0) is 18.4 Å². The number of anilines is 1. The van der Waals surface area contributed by atoms with E-state index in [-0.39, 0.29) is 24.9 Å². The topological polar surface area (TPSA) is 109 Å². The summed E-state index contributed by atoms with van der Waals surface area (Å²) in [6, 6.07) is 8.24. The van der Waals surface area contributed by atoms with Crippen molar-refractivity contribution in [2.75, 3.05) is 11.9 Å². The molecule has 2 N–H and O–H groups in total. The third kappa shape index (κ3) is 3.07. The Kier molecular flexibility index (Phi) is 4.26. The second-order valence-electron chi connectivity index (χ2n) is 6.55. The lowest BCUT2D eigenvalue weighted by Gasteiger charge is -2.15. The van der Waals surface area contributed by atoms with Gasteiger partial charge in [-0.3, -0.25) is 19.2 Å². The molecular weight excluding hydrogens is 360 g/mol. The van der Waals surface area contributed by atoms with Gasteiger partial charge in [-0.2, -0.15) is 5.10 Å². The highest BCUT2D eigenvalue weighted by Gasteiger charge is 2.29. The van der Waals surface area contributed by atoms with Crippen LogP contribution in [0.2, 0.25) is 0 Å². The average Bonchev–Trinajstić information content (AvgIpc) is 3.15. The molecule has 9 heteroatoms. The summed E-state index contributed by atoms with van der Waals surface area (Å²) in [7, 11) is 1.81. The summed E-state index contributed by atoms with van der Waals surface area (Å²) in [6.45, 7) is 1.89. The molecular formula is C19H18N6O3. The number of amides is 4. The van der Waals surface area contributed by atoms with Crippen LogP contribution in [0.25, 0.3) is 11.0 Å². The number of hydrogen-bond donors (Lipinski definition) is 2. The van der Waals surface area contributed by atoms with E-state index in [4.69, 9.17) is 0 Å². The molecule has 0 aliphatic carbocycles. The number of rotatable bonds is 4. The lowest BCUT2D eigenvalue weighted by molar-refractivity contribution is -0.125. The molecule has 0 radical (unpaired) electrons. The number of urea groups is 1. The lowest BCUT2D eigenvalue weighted by Crippen LogP contribution is -2.31. The van der Waals surface area contributed by atoms with Crippen LogP contribution >= 0.6 is 0 Å². The van der Waals surface area contributed by atoms with E-state index in [1.807, 2.05) is 20.0 Å². The summed E-state index contributed by atoms with van der Waals surface area (Å²) in [5, 5.41) is 10.5. The predicted octanol–water partition coefficient (Wildman–Crippen LogP) is 1.58. The summed E-state index contributed by atoms with van der Waals surface area (Å²) in [6.07, 6.45) is 1.57. The van der Waals surface area contributed by atoms with Crippen molar-refractivity contribution in [1.29, 1.82) is 0 Å². The molecule has 142 valence electrons. The minimum Gasteiger partial charge on any atom is -0.329 e. The van der Waals surface area contributed by atoms with Crippen LogP contribution in [0.1, 0.15) is 21.6 Å². The molecule has 1 aromatic carbocycles. The molecule has 0 spiro atoms. The average molecular weight is 378 g/mol. The quantitative estimate of drug-likeness (QED) is 0.670. The van der Waals surface area contributed by atoms with Crippen LogP contribution in [0.5, 0.6) is 0 Å². The smallest absolute Gasteiger partial charge is 0.324 e. The fourth-order valence-electron chi connectivity index (χ4n) is 3.24. The first-order valence-electron chi connectivity index (χ1n) is 8.71. The van der Waals surface area contributed by atoms with E-state index in [1.54, 1.807) is 35.1 Å². The number of aryl methyl sites for hydroxylation is 2. The molecule has 0 atom stereocenters. The monoisotopic (exact) mass is 378 g/mol. The number of aromatic nitrogens is 3. The van der Waals surface area contributed by atoms with E-state index in [0.717, 1.165) is 21.6 Å². The minimum atomic E-state index is -0.457. The van der Waals surface area contributed by atoms with Gasteiger partial charge in [-0.05, 0) is 24.6 Å². The van der Waals surface area contributed by atoms with Crippen molar-refractivity contribution < 1.29 is 14.4 Å². The normalized spacial score (nSPS) is 13.9. The van der Waals surface area contributed by atoms with Gasteiger partial charge >= 0.3 is 6.03 Å². The summed E-state index contributed by atoms with van der Waals surface area (Å²) >= 11 is 0. The number of fused-ring (bicyclic) bond motifs is 1. The number of nitrogens with zero attached hydrogens (tertiary/aromatic N) is 4. The molecule has 0 unspecified atom stereocenters. The van der Waals surface area contributed by atoms with Crippen LogP contribution in [0.15, 0.2) is 36.5 Å². The molecule has 3 heterocycles. The van der Waals surface area contributed by atoms with Crippen LogP contribution in [0.4, 0.5) is 10.5 Å². The molecule has 1 aliphatic rings. The number of pyridine rings is 1. The molecule has 0 bridgehead atoms. The maximum atomic E-state index is 12.8. The van der Waals surface area contributed by atoms with Gasteiger partial charge in [0.15, 0.2) is 5.65 Å². The molecule has 3 aromatic rings. The summed E-state index contributed by atoms with van der Waals surface area (Å²) in [4.78, 5) is 41.9. The van der Waals surface area contributed by atoms with Crippen molar-refractivity contribution in [3.8, 4) is 0 Å². The third-order valence-electron chi connectivity index (χ3n) is 4.65. The van der Waals surface area contributed by atoms with Gasteiger partial charge in [0.2, 0.25) is 5.91 Å². The van der Waals surface area contributed by atoms with Gasteiger partial charge in [-0.25, -0.2) is 9.78 Å². The first-order chi connectivity index (χ1) is 13.4. The van der Waals surface area contributed by atoms with Gasteiger partial charge in [-0.15, -0.1) is 0 Å². The zero-order valence-electron chi connectivity index (χ0n) is 15.4. The van der Waals surface area contributed by atoms with Crippen molar-refractivity contribution in [2.45, 2.75) is 13.5 Å². The second-order valence-corrected chi connectivity index (χ2v) is 6.55. The Labute approximate surface area is 160 Å². The molecule has 28 heavy (non-hydrogen) atoms. The SMILES string of the molecule is Cc1nn(C)c2ncc(NC(=O)c3ccccc3CN3C(=O)CNC3=O)cc12. The Hall–Kier alpha value is -3.75. The maximum absolute atomic E-state index is 12.8. The number of hydrogen-bond acceptors (Lipinski definition) is 5. The van der Waals surface area contributed by atoms with Gasteiger partial charge in [0.1, 0.15) is 0 Å². The maximum Gasteiger partial charge on any atom is 0.324 e. The molecule has 4 rings (SSSR count). The van der Waals surface area contributed by atoms with Crippen molar-refractivity contribution >= 4 is 34.6 Å². The Bertz CT molecular complexity index is 1100. The third-order valence-corrected chi connectivity index (χ3v) is 4.65. The number of carbonyl (C=O) groups is 3. The number of carbonyl (C=O) groups excluding carboxylic acids is 3. The van der Waals surface area contributed by atoms with E-state index >= 15 is 0 Å². The molecule has 0 saturated carbocycles. The van der Waals surface area contributed by atoms with E-state index in [1.165, 1.54) is 0 Å². The fourth-order valence-corrected chi connectivity index (χ4v) is 3.24. The number of imide groups is 1. The number of nitrogens with one attached hydrogen (secondary N) is 2. The van der Waals surface area contributed by atoms with Gasteiger partial charge in [0.25, 0.3) is 5.91 Å². The highest BCUT2D eigenvalue weighted by molar-refractivity contribution is 6.06. The van der Waals surface area contributed by atoms with Gasteiger partial charge in [0, 0.05) is 18.0 Å². The number of benzene rings is 1. The Balaban J connectivity index is 1.59. The van der Waals surface area contributed by atoms with Crippen molar-refractivity contribution in [1.82, 2.24) is 25.0 Å². The Morgan fingerprint density at radius 1 is 1.29 bits per heavy atom. The van der Waals surface area contributed by atoms with Crippen molar-refractivity contribution in [3.63, 3.8) is 0 Å². The van der Waals surface area contributed by atoms with E-state index in [0.29, 0.717) is 16.8 Å². The van der Waals surface area contributed by atoms with Crippen molar-refractivity contribution in [2.24, 2.45) is 7.05 Å². The first-order valence-corrected chi connectivity index (χ1v) is 8.71. The standard InChI is InChI=1S/C19H18N6O3/c1-11-15-7-13(8-20-17(15)24(2)23-11)22-18(27)14-6-4-3-5-12(14)10-25-16(26)9-21-19(25)28/h3-8H,9-10H2,1-2H3,(H,21,28)(H,22,27). The molecule has 1 aliphatic heterocycles. The Morgan fingerprint density at radius 3 is 2.82 bits per heavy atom. The molecule has 4 amide bonds. The predicted molar refractivity (Wildman–Crippen MR) is 102 cm³/mol. The highest BCUT2D eigenvalue weighted by Crippen LogP contribution is 2.21. The molecule has 9 nitrogen and oxygen atoms in total. The minimum absolute atomic E-state index is 0.0245. The summed E-state index contributed by atoms with van der Waals surface area (Å²) < 4.78 is 1.68. The molecule has 1 saturated heterocycles. The lowest BCUT2D eigenvalue weighted by atomic mass is 10.1. The zero-order chi connectivity index (χ0) is 19.8. The highest BCUT2D eigenvalue weighted by atomic mass is 16.2. The van der Waals surface area contributed by atoms with Crippen LogP contribution in [-0.4, -0.2) is 44.1 Å². The summed E-state index contributed by atoms with van der Waals surface area (Å²) in [5.74, 6) is -0.660. The van der Waals surface area contributed by atoms with E-state index < -0.39 is 6.03 Å². The van der Waals surface area contributed by atoms with E-state index in [2.05, 4.69) is 20.7 Å². The van der Waals surface area contributed by atoms with Crippen LogP contribution in [0, 0.1) is 6.92 Å². The fraction of sp³-hybridized carbons (Fsp3) is 0.211. The molecule has 2 aromatic heterocycles.